The Labute approximate surface area is 118 Å². The van der Waals surface area contributed by atoms with E-state index < -0.39 is 10.0 Å². The molecule has 1 aromatic carbocycles. The molecule has 0 unspecified atom stereocenters. The molecule has 1 heterocycles. The minimum absolute atomic E-state index is 0.0721. The summed E-state index contributed by atoms with van der Waals surface area (Å²) in [6.45, 7) is 5.69. The third-order valence-corrected chi connectivity index (χ3v) is 3.93. The standard InChI is InChI=1S/C13H17N3O3S/c1-9(2)19-11-4-5-13(10(3)6-11)16-20(17,18)12-7-14-15-8-12/h4-9,16H,1-3H3,(H,14,15). The number of rotatable bonds is 5. The van der Waals surface area contributed by atoms with Crippen LogP contribution in [0.4, 0.5) is 5.69 Å². The zero-order valence-electron chi connectivity index (χ0n) is 11.5. The number of hydrogen-bond acceptors (Lipinski definition) is 4. The highest BCUT2D eigenvalue weighted by molar-refractivity contribution is 7.92. The Morgan fingerprint density at radius 1 is 1.35 bits per heavy atom. The Balaban J connectivity index is 2.22. The van der Waals surface area contributed by atoms with Gasteiger partial charge in [-0.3, -0.25) is 9.82 Å². The van der Waals surface area contributed by atoms with Crippen molar-refractivity contribution < 1.29 is 13.2 Å². The number of aromatic amines is 1. The van der Waals surface area contributed by atoms with Crippen LogP contribution in [0.1, 0.15) is 19.4 Å². The van der Waals surface area contributed by atoms with E-state index in [0.717, 1.165) is 5.56 Å². The summed E-state index contributed by atoms with van der Waals surface area (Å²) < 4.78 is 32.2. The Morgan fingerprint density at radius 3 is 2.65 bits per heavy atom. The monoisotopic (exact) mass is 295 g/mol. The second kappa shape index (κ2) is 5.54. The average Bonchev–Trinajstić information content (AvgIpc) is 2.86. The van der Waals surface area contributed by atoms with Gasteiger partial charge in [-0.25, -0.2) is 8.42 Å². The van der Waals surface area contributed by atoms with Crippen molar-refractivity contribution in [3.05, 3.63) is 36.2 Å². The zero-order chi connectivity index (χ0) is 14.8. The summed E-state index contributed by atoms with van der Waals surface area (Å²) in [5.41, 5.74) is 1.30. The Kier molecular flexibility index (Phi) is 3.99. The number of nitrogens with one attached hydrogen (secondary N) is 2. The minimum Gasteiger partial charge on any atom is -0.491 e. The fourth-order valence-corrected chi connectivity index (χ4v) is 2.72. The molecule has 0 saturated carbocycles. The van der Waals surface area contributed by atoms with Gasteiger partial charge < -0.3 is 4.74 Å². The van der Waals surface area contributed by atoms with Gasteiger partial charge in [0.2, 0.25) is 0 Å². The van der Waals surface area contributed by atoms with E-state index in [4.69, 9.17) is 4.74 Å². The Morgan fingerprint density at radius 2 is 2.10 bits per heavy atom. The molecule has 0 fully saturated rings. The normalized spacial score (nSPS) is 11.6. The number of H-pyrrole nitrogens is 1. The van der Waals surface area contributed by atoms with Gasteiger partial charge in [0.25, 0.3) is 10.0 Å². The minimum atomic E-state index is -3.61. The van der Waals surface area contributed by atoms with Crippen LogP contribution in [0.15, 0.2) is 35.5 Å². The van der Waals surface area contributed by atoms with Crippen molar-refractivity contribution in [1.29, 1.82) is 0 Å². The van der Waals surface area contributed by atoms with Crippen LogP contribution in [-0.4, -0.2) is 24.7 Å². The number of ether oxygens (including phenoxy) is 1. The number of aromatic nitrogens is 2. The van der Waals surface area contributed by atoms with E-state index in [0.29, 0.717) is 11.4 Å². The molecule has 0 atom stereocenters. The third kappa shape index (κ3) is 3.30. The highest BCUT2D eigenvalue weighted by Gasteiger charge is 2.16. The molecule has 0 aliphatic heterocycles. The third-order valence-electron chi connectivity index (χ3n) is 2.60. The van der Waals surface area contributed by atoms with Gasteiger partial charge in [-0.15, -0.1) is 0 Å². The smallest absolute Gasteiger partial charge is 0.265 e. The molecule has 1 aromatic heterocycles. The summed E-state index contributed by atoms with van der Waals surface area (Å²) in [6, 6.07) is 5.22. The van der Waals surface area contributed by atoms with E-state index in [1.54, 1.807) is 18.2 Å². The predicted octanol–water partition coefficient (Wildman–Crippen LogP) is 2.31. The van der Waals surface area contributed by atoms with Crippen LogP contribution in [0.3, 0.4) is 0 Å². The number of benzene rings is 1. The molecule has 108 valence electrons. The second-order valence-electron chi connectivity index (χ2n) is 4.68. The lowest BCUT2D eigenvalue weighted by Crippen LogP contribution is -2.13. The van der Waals surface area contributed by atoms with Crippen LogP contribution in [-0.2, 0) is 10.0 Å². The number of aryl methyl sites for hydroxylation is 1. The largest absolute Gasteiger partial charge is 0.491 e. The summed E-state index contributed by atoms with van der Waals surface area (Å²) in [5.74, 6) is 0.712. The lowest BCUT2D eigenvalue weighted by atomic mass is 10.2. The van der Waals surface area contributed by atoms with Crippen molar-refractivity contribution >= 4 is 15.7 Å². The first kappa shape index (κ1) is 14.4. The topological polar surface area (TPSA) is 84.1 Å². The zero-order valence-corrected chi connectivity index (χ0v) is 12.4. The van der Waals surface area contributed by atoms with E-state index in [2.05, 4.69) is 14.9 Å². The number of hydrogen-bond donors (Lipinski definition) is 2. The van der Waals surface area contributed by atoms with Crippen molar-refractivity contribution in [3.63, 3.8) is 0 Å². The van der Waals surface area contributed by atoms with Crippen LogP contribution in [0.2, 0.25) is 0 Å². The van der Waals surface area contributed by atoms with E-state index >= 15 is 0 Å². The first-order valence-electron chi connectivity index (χ1n) is 6.17. The molecular formula is C13H17N3O3S. The molecule has 0 amide bonds. The molecular weight excluding hydrogens is 278 g/mol. The molecule has 0 aliphatic rings. The Bertz CT molecular complexity index is 679. The first-order chi connectivity index (χ1) is 9.38. The summed E-state index contributed by atoms with van der Waals surface area (Å²) in [5, 5.41) is 6.11. The van der Waals surface area contributed by atoms with Gasteiger partial charge in [0.15, 0.2) is 0 Å². The highest BCUT2D eigenvalue weighted by Crippen LogP contribution is 2.24. The molecule has 2 N–H and O–H groups in total. The number of sulfonamides is 1. The maximum Gasteiger partial charge on any atom is 0.265 e. The van der Waals surface area contributed by atoms with Gasteiger partial charge >= 0.3 is 0 Å². The van der Waals surface area contributed by atoms with Gasteiger partial charge in [0, 0.05) is 6.20 Å². The predicted molar refractivity (Wildman–Crippen MR) is 76.3 cm³/mol. The maximum atomic E-state index is 12.1. The molecule has 0 aliphatic carbocycles. The maximum absolute atomic E-state index is 12.1. The fourth-order valence-electron chi connectivity index (χ4n) is 1.69. The molecule has 0 bridgehead atoms. The van der Waals surface area contributed by atoms with E-state index in [-0.39, 0.29) is 11.0 Å². The van der Waals surface area contributed by atoms with Crippen LogP contribution in [0.5, 0.6) is 5.75 Å². The second-order valence-corrected chi connectivity index (χ2v) is 6.37. The summed E-state index contributed by atoms with van der Waals surface area (Å²) in [7, 11) is -3.61. The molecule has 0 radical (unpaired) electrons. The molecule has 6 nitrogen and oxygen atoms in total. The van der Waals surface area contributed by atoms with Crippen LogP contribution >= 0.6 is 0 Å². The van der Waals surface area contributed by atoms with Gasteiger partial charge in [0.1, 0.15) is 10.6 Å². The summed E-state index contributed by atoms with van der Waals surface area (Å²) in [4.78, 5) is 0.0967. The molecule has 0 saturated heterocycles. The number of anilines is 1. The fraction of sp³-hybridized carbons (Fsp3) is 0.308. The first-order valence-corrected chi connectivity index (χ1v) is 7.66. The number of nitrogens with zero attached hydrogens (tertiary/aromatic N) is 1. The van der Waals surface area contributed by atoms with Crippen molar-refractivity contribution in [2.24, 2.45) is 0 Å². The van der Waals surface area contributed by atoms with Gasteiger partial charge in [-0.1, -0.05) is 0 Å². The van der Waals surface area contributed by atoms with Crippen LogP contribution < -0.4 is 9.46 Å². The van der Waals surface area contributed by atoms with Gasteiger partial charge in [0.05, 0.1) is 18.0 Å². The average molecular weight is 295 g/mol. The quantitative estimate of drug-likeness (QED) is 0.886. The summed E-state index contributed by atoms with van der Waals surface area (Å²) >= 11 is 0. The summed E-state index contributed by atoms with van der Waals surface area (Å²) in [6.07, 6.45) is 2.66. The molecule has 2 aromatic rings. The van der Waals surface area contributed by atoms with E-state index in [1.165, 1.54) is 12.4 Å². The van der Waals surface area contributed by atoms with Crippen molar-refractivity contribution in [1.82, 2.24) is 10.2 Å². The van der Waals surface area contributed by atoms with Crippen molar-refractivity contribution in [2.45, 2.75) is 31.8 Å². The van der Waals surface area contributed by atoms with Crippen LogP contribution in [0.25, 0.3) is 0 Å². The Hall–Kier alpha value is -2.02. The molecule has 0 spiro atoms. The lowest BCUT2D eigenvalue weighted by Gasteiger charge is -2.13. The van der Waals surface area contributed by atoms with Crippen molar-refractivity contribution in [3.8, 4) is 5.75 Å². The molecule has 2 rings (SSSR count). The molecule has 20 heavy (non-hydrogen) atoms. The molecule has 7 heteroatoms. The van der Waals surface area contributed by atoms with Crippen LogP contribution in [0, 0.1) is 6.92 Å². The van der Waals surface area contributed by atoms with E-state index in [9.17, 15) is 8.42 Å². The SMILES string of the molecule is Cc1cc(OC(C)C)ccc1NS(=O)(=O)c1cn[nH]c1. The lowest BCUT2D eigenvalue weighted by molar-refractivity contribution is 0.242. The van der Waals surface area contributed by atoms with E-state index in [1.807, 2.05) is 20.8 Å². The van der Waals surface area contributed by atoms with Gasteiger partial charge in [-0.2, -0.15) is 5.10 Å². The highest BCUT2D eigenvalue weighted by atomic mass is 32.2. The van der Waals surface area contributed by atoms with Crippen molar-refractivity contribution in [2.75, 3.05) is 4.72 Å². The van der Waals surface area contributed by atoms with Gasteiger partial charge in [-0.05, 0) is 44.5 Å².